The number of aliphatic hydroxyl groups is 1. The van der Waals surface area contributed by atoms with Gasteiger partial charge in [-0.3, -0.25) is 4.79 Å². The highest BCUT2D eigenvalue weighted by atomic mass is 16.3. The van der Waals surface area contributed by atoms with Gasteiger partial charge < -0.3 is 5.11 Å². The summed E-state index contributed by atoms with van der Waals surface area (Å²) in [5.41, 5.74) is -0.228. The molecule has 1 saturated carbocycles. The molecule has 0 aliphatic heterocycles. The first-order valence-corrected chi connectivity index (χ1v) is 4.12. The number of aliphatic hydroxyl groups excluding tert-OH is 1. The standard InChI is InChI=1S/C9H16O2/c1-9(2,3)8(11)7-4-6(7)5-10/h6-7,10H,4-5H2,1-3H3/t6-,7-/m1/s1. The van der Waals surface area contributed by atoms with Gasteiger partial charge in [0.25, 0.3) is 0 Å². The van der Waals surface area contributed by atoms with Gasteiger partial charge in [0.2, 0.25) is 0 Å². The second-order valence-electron chi connectivity index (χ2n) is 4.40. The van der Waals surface area contributed by atoms with Crippen LogP contribution in [0.1, 0.15) is 27.2 Å². The summed E-state index contributed by atoms with van der Waals surface area (Å²) in [5.74, 6) is 0.721. The minimum atomic E-state index is -0.228. The van der Waals surface area contributed by atoms with Crippen LogP contribution in [-0.2, 0) is 4.79 Å². The smallest absolute Gasteiger partial charge is 0.141 e. The third kappa shape index (κ3) is 1.80. The Morgan fingerprint density at radius 1 is 1.55 bits per heavy atom. The topological polar surface area (TPSA) is 37.3 Å². The molecule has 64 valence electrons. The van der Waals surface area contributed by atoms with E-state index in [1.54, 1.807) is 0 Å². The van der Waals surface area contributed by atoms with Gasteiger partial charge in [-0.15, -0.1) is 0 Å². The Hall–Kier alpha value is -0.370. The Bertz CT molecular complexity index is 167. The normalized spacial score (nSPS) is 30.2. The van der Waals surface area contributed by atoms with Crippen molar-refractivity contribution in [3.05, 3.63) is 0 Å². The van der Waals surface area contributed by atoms with E-state index in [0.717, 1.165) is 6.42 Å². The maximum Gasteiger partial charge on any atom is 0.141 e. The van der Waals surface area contributed by atoms with Gasteiger partial charge in [0.1, 0.15) is 5.78 Å². The van der Waals surface area contributed by atoms with Crippen LogP contribution in [0.25, 0.3) is 0 Å². The molecular weight excluding hydrogens is 140 g/mol. The third-order valence-electron chi connectivity index (χ3n) is 2.23. The van der Waals surface area contributed by atoms with Crippen molar-refractivity contribution < 1.29 is 9.90 Å². The lowest BCUT2D eigenvalue weighted by atomic mass is 9.87. The second-order valence-corrected chi connectivity index (χ2v) is 4.40. The van der Waals surface area contributed by atoms with Crippen molar-refractivity contribution in [2.75, 3.05) is 6.61 Å². The Labute approximate surface area is 67.6 Å². The monoisotopic (exact) mass is 156 g/mol. The van der Waals surface area contributed by atoms with E-state index in [1.165, 1.54) is 0 Å². The largest absolute Gasteiger partial charge is 0.396 e. The summed E-state index contributed by atoms with van der Waals surface area (Å²) in [5, 5.41) is 8.74. The molecule has 0 aromatic carbocycles. The lowest BCUT2D eigenvalue weighted by Crippen LogP contribution is -2.22. The third-order valence-corrected chi connectivity index (χ3v) is 2.23. The zero-order valence-corrected chi connectivity index (χ0v) is 7.42. The molecule has 1 aliphatic rings. The predicted octanol–water partition coefficient (Wildman–Crippen LogP) is 1.23. The van der Waals surface area contributed by atoms with Crippen LogP contribution in [-0.4, -0.2) is 17.5 Å². The van der Waals surface area contributed by atoms with Gasteiger partial charge in [-0.1, -0.05) is 20.8 Å². The van der Waals surface area contributed by atoms with Crippen molar-refractivity contribution in [1.29, 1.82) is 0 Å². The van der Waals surface area contributed by atoms with E-state index in [1.807, 2.05) is 20.8 Å². The molecule has 0 bridgehead atoms. The summed E-state index contributed by atoms with van der Waals surface area (Å²) in [6, 6.07) is 0. The molecule has 0 unspecified atom stereocenters. The molecule has 0 spiro atoms. The lowest BCUT2D eigenvalue weighted by Gasteiger charge is -2.15. The number of hydrogen-bond acceptors (Lipinski definition) is 2. The van der Waals surface area contributed by atoms with E-state index in [0.29, 0.717) is 5.78 Å². The minimum absolute atomic E-state index is 0.153. The molecule has 1 N–H and O–H groups in total. The van der Waals surface area contributed by atoms with Crippen LogP contribution in [0.3, 0.4) is 0 Å². The molecule has 0 amide bonds. The van der Waals surface area contributed by atoms with Crippen molar-refractivity contribution in [1.82, 2.24) is 0 Å². The molecule has 2 heteroatoms. The van der Waals surface area contributed by atoms with Crippen molar-refractivity contribution in [3.63, 3.8) is 0 Å². The molecule has 0 radical (unpaired) electrons. The Kier molecular flexibility index (Phi) is 2.06. The van der Waals surface area contributed by atoms with Crippen LogP contribution in [0.15, 0.2) is 0 Å². The highest BCUT2D eigenvalue weighted by Crippen LogP contribution is 2.42. The number of carbonyl (C=O) groups is 1. The fraction of sp³-hybridized carbons (Fsp3) is 0.889. The number of ketones is 1. The molecule has 2 nitrogen and oxygen atoms in total. The predicted molar refractivity (Wildman–Crippen MR) is 43.1 cm³/mol. The zero-order valence-electron chi connectivity index (χ0n) is 7.42. The Morgan fingerprint density at radius 3 is 2.36 bits per heavy atom. The first-order valence-electron chi connectivity index (χ1n) is 4.12. The van der Waals surface area contributed by atoms with E-state index in [9.17, 15) is 4.79 Å². The van der Waals surface area contributed by atoms with Crippen LogP contribution >= 0.6 is 0 Å². The van der Waals surface area contributed by atoms with Crippen LogP contribution in [0, 0.1) is 17.3 Å². The number of carbonyl (C=O) groups excluding carboxylic acids is 1. The zero-order chi connectivity index (χ0) is 8.65. The van der Waals surface area contributed by atoms with Gasteiger partial charge in [0.05, 0.1) is 0 Å². The summed E-state index contributed by atoms with van der Waals surface area (Å²) in [6.45, 7) is 5.97. The molecule has 0 aromatic heterocycles. The SMILES string of the molecule is CC(C)(C)C(=O)[C@@H]1C[C@@H]1CO. The van der Waals surface area contributed by atoms with Crippen LogP contribution in [0.2, 0.25) is 0 Å². The van der Waals surface area contributed by atoms with Crippen LogP contribution in [0.5, 0.6) is 0 Å². The van der Waals surface area contributed by atoms with Crippen molar-refractivity contribution in [2.24, 2.45) is 17.3 Å². The molecule has 0 heterocycles. The lowest BCUT2D eigenvalue weighted by molar-refractivity contribution is -0.128. The first-order chi connectivity index (χ1) is 4.96. The Balaban J connectivity index is 2.46. The maximum atomic E-state index is 11.5. The highest BCUT2D eigenvalue weighted by Gasteiger charge is 2.45. The molecule has 1 fully saturated rings. The molecule has 2 atom stereocenters. The number of rotatable bonds is 2. The molecule has 0 aromatic rings. The van der Waals surface area contributed by atoms with E-state index in [4.69, 9.17) is 5.11 Å². The van der Waals surface area contributed by atoms with Crippen molar-refractivity contribution in [2.45, 2.75) is 27.2 Å². The van der Waals surface area contributed by atoms with E-state index in [2.05, 4.69) is 0 Å². The quantitative estimate of drug-likeness (QED) is 0.653. The summed E-state index contributed by atoms with van der Waals surface area (Å²) in [6.07, 6.45) is 0.895. The summed E-state index contributed by atoms with van der Waals surface area (Å²) >= 11 is 0. The number of Topliss-reactive ketones (excluding diaryl/α,β-unsaturated/α-hetero) is 1. The second kappa shape index (κ2) is 2.59. The molecule has 1 aliphatic carbocycles. The van der Waals surface area contributed by atoms with Crippen molar-refractivity contribution >= 4 is 5.78 Å². The maximum absolute atomic E-state index is 11.5. The molecule has 11 heavy (non-hydrogen) atoms. The first kappa shape index (κ1) is 8.72. The van der Waals surface area contributed by atoms with E-state index >= 15 is 0 Å². The fourth-order valence-electron chi connectivity index (χ4n) is 1.33. The fourth-order valence-corrected chi connectivity index (χ4v) is 1.33. The van der Waals surface area contributed by atoms with Gasteiger partial charge >= 0.3 is 0 Å². The van der Waals surface area contributed by atoms with Crippen molar-refractivity contribution in [3.8, 4) is 0 Å². The average molecular weight is 156 g/mol. The minimum Gasteiger partial charge on any atom is -0.396 e. The van der Waals surface area contributed by atoms with Gasteiger partial charge in [0, 0.05) is 17.9 Å². The highest BCUT2D eigenvalue weighted by molar-refractivity contribution is 5.88. The number of hydrogen-bond donors (Lipinski definition) is 1. The summed E-state index contributed by atoms with van der Waals surface area (Å²) in [4.78, 5) is 11.5. The van der Waals surface area contributed by atoms with Gasteiger partial charge in [-0.05, 0) is 12.3 Å². The van der Waals surface area contributed by atoms with E-state index < -0.39 is 0 Å². The van der Waals surface area contributed by atoms with Crippen LogP contribution < -0.4 is 0 Å². The Morgan fingerprint density at radius 2 is 2.09 bits per heavy atom. The molecular formula is C9H16O2. The summed E-state index contributed by atoms with van der Waals surface area (Å²) in [7, 11) is 0. The van der Waals surface area contributed by atoms with Crippen LogP contribution in [0.4, 0.5) is 0 Å². The average Bonchev–Trinajstić information content (AvgIpc) is 2.62. The molecule has 1 rings (SSSR count). The van der Waals surface area contributed by atoms with Gasteiger partial charge in [0.15, 0.2) is 0 Å². The summed E-state index contributed by atoms with van der Waals surface area (Å²) < 4.78 is 0. The molecule has 0 saturated heterocycles. The van der Waals surface area contributed by atoms with E-state index in [-0.39, 0.29) is 23.9 Å². The van der Waals surface area contributed by atoms with Gasteiger partial charge in [-0.25, -0.2) is 0 Å². The van der Waals surface area contributed by atoms with Gasteiger partial charge in [-0.2, -0.15) is 0 Å².